The van der Waals surface area contributed by atoms with Crippen LogP contribution in [0, 0.1) is 0 Å². The first-order valence-electron chi connectivity index (χ1n) is 7.19. The number of hydrogen-bond acceptors (Lipinski definition) is 4. The van der Waals surface area contributed by atoms with Gasteiger partial charge in [0.05, 0.1) is 25.8 Å². The average Bonchev–Trinajstić information content (AvgIpc) is 3.02. The molecule has 1 aromatic heterocycles. The van der Waals surface area contributed by atoms with Gasteiger partial charge in [-0.25, -0.2) is 0 Å². The lowest BCUT2D eigenvalue weighted by Gasteiger charge is -2.22. The van der Waals surface area contributed by atoms with E-state index in [1.54, 1.807) is 13.4 Å². The molecule has 0 radical (unpaired) electrons. The molecule has 1 amide bonds. The molecule has 0 bridgehead atoms. The third kappa shape index (κ3) is 4.36. The summed E-state index contributed by atoms with van der Waals surface area (Å²) in [5.41, 5.74) is 0.956. The van der Waals surface area contributed by atoms with Crippen LogP contribution in [0.3, 0.4) is 0 Å². The zero-order valence-corrected chi connectivity index (χ0v) is 13.2. The lowest BCUT2D eigenvalue weighted by molar-refractivity contribution is -0.120. The van der Waals surface area contributed by atoms with Gasteiger partial charge in [0.15, 0.2) is 0 Å². The van der Waals surface area contributed by atoms with Crippen LogP contribution in [0.1, 0.15) is 17.4 Å². The second-order valence-corrected chi connectivity index (χ2v) is 5.32. The summed E-state index contributed by atoms with van der Waals surface area (Å²) in [5.74, 6) is 1.62. The van der Waals surface area contributed by atoms with E-state index >= 15 is 0 Å². The van der Waals surface area contributed by atoms with Crippen LogP contribution in [0.25, 0.3) is 0 Å². The van der Waals surface area contributed by atoms with Crippen LogP contribution in [0.5, 0.6) is 5.75 Å². The van der Waals surface area contributed by atoms with Crippen molar-refractivity contribution in [3.05, 3.63) is 54.0 Å². The van der Waals surface area contributed by atoms with Crippen molar-refractivity contribution < 1.29 is 13.9 Å². The fourth-order valence-electron chi connectivity index (χ4n) is 2.22. The maximum atomic E-state index is 12.1. The minimum atomic E-state index is -0.0106. The lowest BCUT2D eigenvalue weighted by Crippen LogP contribution is -2.35. The number of nitrogens with zero attached hydrogens (tertiary/aromatic N) is 1. The Balaban J connectivity index is 1.88. The summed E-state index contributed by atoms with van der Waals surface area (Å²) in [7, 11) is 5.55. The lowest BCUT2D eigenvalue weighted by atomic mass is 10.1. The van der Waals surface area contributed by atoms with E-state index in [0.717, 1.165) is 17.1 Å². The van der Waals surface area contributed by atoms with Crippen molar-refractivity contribution in [3.8, 4) is 5.75 Å². The Morgan fingerprint density at radius 3 is 2.55 bits per heavy atom. The molecule has 0 saturated heterocycles. The van der Waals surface area contributed by atoms with E-state index in [0.29, 0.717) is 13.0 Å². The molecule has 0 saturated carbocycles. The van der Waals surface area contributed by atoms with Crippen molar-refractivity contribution in [1.82, 2.24) is 10.2 Å². The molecule has 2 aromatic rings. The third-order valence-corrected chi connectivity index (χ3v) is 3.51. The number of hydrogen-bond donors (Lipinski definition) is 1. The quantitative estimate of drug-likeness (QED) is 0.852. The average molecular weight is 302 g/mol. The van der Waals surface area contributed by atoms with Crippen LogP contribution < -0.4 is 10.1 Å². The summed E-state index contributed by atoms with van der Waals surface area (Å²) in [5, 5.41) is 2.96. The third-order valence-electron chi connectivity index (χ3n) is 3.51. The van der Waals surface area contributed by atoms with Crippen molar-refractivity contribution in [2.45, 2.75) is 12.5 Å². The normalized spacial score (nSPS) is 12.2. The van der Waals surface area contributed by atoms with E-state index in [9.17, 15) is 4.79 Å². The van der Waals surface area contributed by atoms with E-state index in [-0.39, 0.29) is 11.9 Å². The zero-order valence-electron chi connectivity index (χ0n) is 13.2. The van der Waals surface area contributed by atoms with Crippen LogP contribution >= 0.6 is 0 Å². The Bertz CT molecular complexity index is 576. The highest BCUT2D eigenvalue weighted by Crippen LogP contribution is 2.17. The number of nitrogens with one attached hydrogen (secondary N) is 1. The van der Waals surface area contributed by atoms with Gasteiger partial charge in [0.1, 0.15) is 11.5 Å². The summed E-state index contributed by atoms with van der Waals surface area (Å²) < 4.78 is 10.5. The molecule has 1 atom stereocenters. The number of ether oxygens (including phenoxy) is 1. The molecule has 22 heavy (non-hydrogen) atoms. The van der Waals surface area contributed by atoms with E-state index in [2.05, 4.69) is 5.32 Å². The Hall–Kier alpha value is -2.27. The highest BCUT2D eigenvalue weighted by atomic mass is 16.5. The Morgan fingerprint density at radius 2 is 2.00 bits per heavy atom. The summed E-state index contributed by atoms with van der Waals surface area (Å²) in [6, 6.07) is 11.3. The number of rotatable bonds is 7. The van der Waals surface area contributed by atoms with Gasteiger partial charge >= 0.3 is 0 Å². The summed E-state index contributed by atoms with van der Waals surface area (Å²) in [6.07, 6.45) is 1.99. The van der Waals surface area contributed by atoms with Gasteiger partial charge in [-0.05, 0) is 43.9 Å². The molecule has 2 rings (SSSR count). The van der Waals surface area contributed by atoms with Crippen LogP contribution in [-0.2, 0) is 11.2 Å². The molecule has 1 N–H and O–H groups in total. The molecule has 5 nitrogen and oxygen atoms in total. The molecule has 0 aliphatic carbocycles. The van der Waals surface area contributed by atoms with Crippen molar-refractivity contribution in [1.29, 1.82) is 0 Å². The zero-order chi connectivity index (χ0) is 15.9. The van der Waals surface area contributed by atoms with E-state index < -0.39 is 0 Å². The molecule has 5 heteroatoms. The minimum Gasteiger partial charge on any atom is -0.497 e. The Labute approximate surface area is 130 Å². The van der Waals surface area contributed by atoms with Crippen LogP contribution in [-0.4, -0.2) is 38.6 Å². The molecule has 0 aliphatic heterocycles. The molecule has 1 aromatic carbocycles. The second kappa shape index (κ2) is 7.66. The fraction of sp³-hybridized carbons (Fsp3) is 0.353. The first kappa shape index (κ1) is 16.1. The highest BCUT2D eigenvalue weighted by molar-refractivity contribution is 5.78. The van der Waals surface area contributed by atoms with Crippen LogP contribution in [0.4, 0.5) is 0 Å². The highest BCUT2D eigenvalue weighted by Gasteiger charge is 2.17. The van der Waals surface area contributed by atoms with Gasteiger partial charge in [-0.15, -0.1) is 0 Å². The number of amides is 1. The minimum absolute atomic E-state index is 0.0106. The van der Waals surface area contributed by atoms with Gasteiger partial charge in [0, 0.05) is 6.54 Å². The van der Waals surface area contributed by atoms with E-state index in [1.165, 1.54) is 0 Å². The maximum absolute atomic E-state index is 12.1. The molecular weight excluding hydrogens is 280 g/mol. The van der Waals surface area contributed by atoms with Gasteiger partial charge in [0.25, 0.3) is 0 Å². The predicted octanol–water partition coefficient (Wildman–Crippen LogP) is 2.25. The molecule has 1 unspecified atom stereocenters. The number of methoxy groups -OCH3 is 1. The topological polar surface area (TPSA) is 54.7 Å². The number of carbonyl (C=O) groups excluding carboxylic acids is 1. The van der Waals surface area contributed by atoms with Crippen molar-refractivity contribution in [2.24, 2.45) is 0 Å². The Morgan fingerprint density at radius 1 is 1.27 bits per heavy atom. The van der Waals surface area contributed by atoms with Gasteiger partial charge < -0.3 is 14.5 Å². The smallest absolute Gasteiger partial charge is 0.224 e. The summed E-state index contributed by atoms with van der Waals surface area (Å²) in [4.78, 5) is 14.1. The van der Waals surface area contributed by atoms with E-state index in [4.69, 9.17) is 9.15 Å². The molecule has 0 spiro atoms. The summed E-state index contributed by atoms with van der Waals surface area (Å²) >= 11 is 0. The molecule has 1 heterocycles. The fourth-order valence-corrected chi connectivity index (χ4v) is 2.22. The van der Waals surface area contributed by atoms with Crippen molar-refractivity contribution >= 4 is 5.91 Å². The summed E-state index contributed by atoms with van der Waals surface area (Å²) in [6.45, 7) is 0.509. The van der Waals surface area contributed by atoms with Gasteiger partial charge in [-0.3, -0.25) is 9.69 Å². The van der Waals surface area contributed by atoms with Crippen molar-refractivity contribution in [3.63, 3.8) is 0 Å². The standard InChI is InChI=1S/C17H22N2O3/c1-19(2)15(16-5-4-10-22-16)12-18-17(20)11-13-6-8-14(21-3)9-7-13/h4-10,15H,11-12H2,1-3H3,(H,18,20). The molecular formula is C17H22N2O3. The van der Waals surface area contributed by atoms with Crippen LogP contribution in [0.2, 0.25) is 0 Å². The van der Waals surface area contributed by atoms with Crippen LogP contribution in [0.15, 0.2) is 47.1 Å². The first-order valence-corrected chi connectivity index (χ1v) is 7.19. The first-order chi connectivity index (χ1) is 10.6. The van der Waals surface area contributed by atoms with E-state index in [1.807, 2.05) is 55.4 Å². The molecule has 0 fully saturated rings. The monoisotopic (exact) mass is 302 g/mol. The maximum Gasteiger partial charge on any atom is 0.224 e. The predicted molar refractivity (Wildman–Crippen MR) is 84.8 cm³/mol. The number of carbonyl (C=O) groups is 1. The van der Waals surface area contributed by atoms with Gasteiger partial charge in [-0.1, -0.05) is 12.1 Å². The van der Waals surface area contributed by atoms with Crippen molar-refractivity contribution in [2.75, 3.05) is 27.7 Å². The number of likely N-dealkylation sites (N-methyl/N-ethyl adjacent to an activating group) is 1. The second-order valence-electron chi connectivity index (χ2n) is 5.32. The SMILES string of the molecule is COc1ccc(CC(=O)NCC(c2ccco2)N(C)C)cc1. The molecule has 118 valence electrons. The number of benzene rings is 1. The largest absolute Gasteiger partial charge is 0.497 e. The molecule has 0 aliphatic rings. The van der Waals surface area contributed by atoms with Gasteiger partial charge in [-0.2, -0.15) is 0 Å². The Kier molecular flexibility index (Phi) is 5.61. The number of furan rings is 1. The van der Waals surface area contributed by atoms with Gasteiger partial charge in [0.2, 0.25) is 5.91 Å².